The summed E-state index contributed by atoms with van der Waals surface area (Å²) < 4.78 is 5.31. The number of nitrogens with zero attached hydrogens (tertiary/aromatic N) is 4. The van der Waals surface area contributed by atoms with Crippen LogP contribution in [0.2, 0.25) is 10.0 Å². The minimum absolute atomic E-state index is 0.145. The van der Waals surface area contributed by atoms with Crippen LogP contribution in [0.1, 0.15) is 19.8 Å². The van der Waals surface area contributed by atoms with Crippen LogP contribution < -0.4 is 10.1 Å². The number of hydrogen-bond donors (Lipinski definition) is 1. The smallest absolute Gasteiger partial charge is 0.270 e. The van der Waals surface area contributed by atoms with E-state index >= 15 is 0 Å². The molecule has 1 N–H and O–H groups in total. The van der Waals surface area contributed by atoms with Crippen molar-refractivity contribution < 1.29 is 9.53 Å². The third-order valence-corrected chi connectivity index (χ3v) is 3.20. The van der Waals surface area contributed by atoms with E-state index in [0.29, 0.717) is 22.3 Å². The minimum atomic E-state index is -0.402. The van der Waals surface area contributed by atoms with Gasteiger partial charge in [-0.05, 0) is 29.8 Å². The van der Waals surface area contributed by atoms with Crippen LogP contribution in [0.4, 0.5) is 5.95 Å². The fourth-order valence-corrected chi connectivity index (χ4v) is 2.05. The summed E-state index contributed by atoms with van der Waals surface area (Å²) in [5.74, 6) is 0.119. The molecule has 0 atom stereocenters. The number of nitrogens with one attached hydrogen (secondary N) is 1. The maximum absolute atomic E-state index is 11.8. The van der Waals surface area contributed by atoms with E-state index in [4.69, 9.17) is 27.9 Å². The van der Waals surface area contributed by atoms with Crippen LogP contribution in [-0.2, 0) is 11.3 Å². The van der Waals surface area contributed by atoms with Gasteiger partial charge in [0.15, 0.2) is 6.61 Å². The number of aryl methyl sites for hydroxylation is 1. The van der Waals surface area contributed by atoms with Gasteiger partial charge in [0.25, 0.3) is 11.9 Å². The molecule has 0 aliphatic carbocycles. The summed E-state index contributed by atoms with van der Waals surface area (Å²) in [6.07, 6.45) is 1.97. The lowest BCUT2D eigenvalue weighted by molar-refractivity contribution is -0.118. The van der Waals surface area contributed by atoms with Gasteiger partial charge >= 0.3 is 0 Å². The molecule has 0 saturated heterocycles. The Morgan fingerprint density at radius 1 is 1.41 bits per heavy atom. The SMILES string of the molecule is CCCCn1nnc(NC(=O)COc2ccc(Cl)cc2Cl)n1. The van der Waals surface area contributed by atoms with Crippen molar-refractivity contribution in [2.24, 2.45) is 0 Å². The number of amides is 1. The fraction of sp³-hybridized carbons (Fsp3) is 0.385. The number of carbonyl (C=O) groups excluding carboxylic acids is 1. The molecule has 0 bridgehead atoms. The molecule has 0 aliphatic heterocycles. The standard InChI is InChI=1S/C13H15Cl2N5O2/c1-2-3-6-20-18-13(17-19-20)16-12(21)8-22-11-5-4-9(14)7-10(11)15/h4-5,7H,2-3,6,8H2,1H3,(H,16,18,21). The van der Waals surface area contributed by atoms with Crippen molar-refractivity contribution in [1.29, 1.82) is 0 Å². The van der Waals surface area contributed by atoms with Crippen LogP contribution in [0.15, 0.2) is 18.2 Å². The fourth-order valence-electron chi connectivity index (χ4n) is 1.58. The van der Waals surface area contributed by atoms with Gasteiger partial charge in [0, 0.05) is 5.02 Å². The van der Waals surface area contributed by atoms with Gasteiger partial charge in [-0.2, -0.15) is 4.80 Å². The second-order valence-electron chi connectivity index (χ2n) is 4.47. The first kappa shape index (κ1) is 16.5. The molecule has 2 rings (SSSR count). The number of carbonyl (C=O) groups is 1. The first-order valence-electron chi connectivity index (χ1n) is 6.74. The zero-order chi connectivity index (χ0) is 15.9. The predicted octanol–water partition coefficient (Wildman–Crippen LogP) is 2.80. The monoisotopic (exact) mass is 343 g/mol. The van der Waals surface area contributed by atoms with Crippen LogP contribution in [0.5, 0.6) is 5.75 Å². The van der Waals surface area contributed by atoms with E-state index < -0.39 is 5.91 Å². The molecule has 1 aromatic carbocycles. The second kappa shape index (κ2) is 7.95. The van der Waals surface area contributed by atoms with Crippen LogP contribution in [0.25, 0.3) is 0 Å². The number of hydrogen-bond acceptors (Lipinski definition) is 5. The van der Waals surface area contributed by atoms with Crippen molar-refractivity contribution in [3.63, 3.8) is 0 Å². The normalized spacial score (nSPS) is 10.5. The van der Waals surface area contributed by atoms with E-state index in [9.17, 15) is 4.79 Å². The molecule has 9 heteroatoms. The summed E-state index contributed by atoms with van der Waals surface area (Å²) in [5.41, 5.74) is 0. The molecule has 7 nitrogen and oxygen atoms in total. The van der Waals surface area contributed by atoms with Crippen molar-refractivity contribution in [2.45, 2.75) is 26.3 Å². The number of halogens is 2. The highest BCUT2D eigenvalue weighted by Crippen LogP contribution is 2.27. The topological polar surface area (TPSA) is 81.9 Å². The molecule has 0 spiro atoms. The molecule has 0 unspecified atom stereocenters. The van der Waals surface area contributed by atoms with E-state index in [0.717, 1.165) is 12.8 Å². The van der Waals surface area contributed by atoms with Gasteiger partial charge in [-0.15, -0.1) is 5.10 Å². The third kappa shape index (κ3) is 4.85. The Morgan fingerprint density at radius 3 is 2.95 bits per heavy atom. The van der Waals surface area contributed by atoms with Gasteiger partial charge in [-0.1, -0.05) is 41.6 Å². The minimum Gasteiger partial charge on any atom is -0.482 e. The third-order valence-electron chi connectivity index (χ3n) is 2.67. The predicted molar refractivity (Wildman–Crippen MR) is 83.3 cm³/mol. The molecule has 118 valence electrons. The van der Waals surface area contributed by atoms with Gasteiger partial charge < -0.3 is 4.74 Å². The average Bonchev–Trinajstić information content (AvgIpc) is 2.91. The van der Waals surface area contributed by atoms with Crippen molar-refractivity contribution in [2.75, 3.05) is 11.9 Å². The molecule has 2 aromatic rings. The molecular weight excluding hydrogens is 329 g/mol. The highest BCUT2D eigenvalue weighted by Gasteiger charge is 2.10. The molecule has 0 radical (unpaired) electrons. The lowest BCUT2D eigenvalue weighted by atomic mass is 10.3. The van der Waals surface area contributed by atoms with Crippen molar-refractivity contribution in [1.82, 2.24) is 20.2 Å². The van der Waals surface area contributed by atoms with Crippen LogP contribution in [0, 0.1) is 0 Å². The van der Waals surface area contributed by atoms with Crippen LogP contribution in [-0.4, -0.2) is 32.7 Å². The molecule has 0 aliphatic rings. The molecule has 1 aromatic heterocycles. The maximum atomic E-state index is 11.8. The van der Waals surface area contributed by atoms with Crippen molar-refractivity contribution >= 4 is 35.1 Å². The number of benzene rings is 1. The van der Waals surface area contributed by atoms with Gasteiger partial charge in [0.1, 0.15) is 5.75 Å². The van der Waals surface area contributed by atoms with Crippen LogP contribution in [0.3, 0.4) is 0 Å². The molecule has 1 heterocycles. The highest BCUT2D eigenvalue weighted by molar-refractivity contribution is 6.35. The number of tetrazole rings is 1. The summed E-state index contributed by atoms with van der Waals surface area (Å²) in [4.78, 5) is 13.2. The van der Waals surface area contributed by atoms with E-state index in [-0.39, 0.29) is 12.6 Å². The number of ether oxygens (including phenoxy) is 1. The molecule has 1 amide bonds. The summed E-state index contributed by atoms with van der Waals surface area (Å²) in [6.45, 7) is 2.51. The lowest BCUT2D eigenvalue weighted by Crippen LogP contribution is -2.21. The number of unbranched alkanes of at least 4 members (excludes halogenated alkanes) is 1. The lowest BCUT2D eigenvalue weighted by Gasteiger charge is -2.07. The summed E-state index contributed by atoms with van der Waals surface area (Å²) in [5, 5.41) is 14.9. The highest BCUT2D eigenvalue weighted by atomic mass is 35.5. The zero-order valence-electron chi connectivity index (χ0n) is 11.9. The maximum Gasteiger partial charge on any atom is 0.270 e. The Kier molecular flexibility index (Phi) is 5.97. The van der Waals surface area contributed by atoms with E-state index in [1.165, 1.54) is 10.9 Å². The van der Waals surface area contributed by atoms with Gasteiger partial charge in [0.2, 0.25) is 0 Å². The quantitative estimate of drug-likeness (QED) is 0.835. The Balaban J connectivity index is 1.83. The Hall–Kier alpha value is -1.86. The summed E-state index contributed by atoms with van der Waals surface area (Å²) in [7, 11) is 0. The van der Waals surface area contributed by atoms with Crippen molar-refractivity contribution in [3.05, 3.63) is 28.2 Å². The van der Waals surface area contributed by atoms with Crippen LogP contribution >= 0.6 is 23.2 Å². The molecule has 0 fully saturated rings. The van der Waals surface area contributed by atoms with Gasteiger partial charge in [-0.25, -0.2) is 0 Å². The molecule has 22 heavy (non-hydrogen) atoms. The summed E-state index contributed by atoms with van der Waals surface area (Å²) >= 11 is 11.7. The number of rotatable bonds is 7. The molecule has 0 saturated carbocycles. The van der Waals surface area contributed by atoms with Gasteiger partial charge in [-0.3, -0.25) is 10.1 Å². The van der Waals surface area contributed by atoms with Crippen molar-refractivity contribution in [3.8, 4) is 5.75 Å². The first-order valence-corrected chi connectivity index (χ1v) is 7.49. The Bertz CT molecular complexity index is 647. The van der Waals surface area contributed by atoms with E-state index in [1.54, 1.807) is 12.1 Å². The Morgan fingerprint density at radius 2 is 2.23 bits per heavy atom. The van der Waals surface area contributed by atoms with E-state index in [2.05, 4.69) is 27.7 Å². The number of anilines is 1. The number of aromatic nitrogens is 4. The average molecular weight is 344 g/mol. The summed E-state index contributed by atoms with van der Waals surface area (Å²) in [6, 6.07) is 4.76. The zero-order valence-corrected chi connectivity index (χ0v) is 13.4. The first-order chi connectivity index (χ1) is 10.6. The van der Waals surface area contributed by atoms with E-state index in [1.807, 2.05) is 0 Å². The largest absolute Gasteiger partial charge is 0.482 e. The second-order valence-corrected chi connectivity index (χ2v) is 5.32. The van der Waals surface area contributed by atoms with Gasteiger partial charge in [0.05, 0.1) is 11.6 Å². The molecular formula is C13H15Cl2N5O2. The Labute approximate surface area is 137 Å².